The van der Waals surface area contributed by atoms with Crippen LogP contribution >= 0.6 is 24.0 Å². The first kappa shape index (κ1) is 16.2. The molecule has 0 unspecified atom stereocenters. The first-order valence-electron chi connectivity index (χ1n) is 7.25. The van der Waals surface area contributed by atoms with Crippen LogP contribution in [0.3, 0.4) is 0 Å². The lowest BCUT2D eigenvalue weighted by Gasteiger charge is -2.26. The largest absolute Gasteiger partial charge is 0.378 e. The summed E-state index contributed by atoms with van der Waals surface area (Å²) in [4.78, 5) is 28.2. The summed E-state index contributed by atoms with van der Waals surface area (Å²) in [6.45, 7) is 2.42. The lowest BCUT2D eigenvalue weighted by atomic mass is 10.1. The minimum absolute atomic E-state index is 0.0136. The molecule has 0 aromatic heterocycles. The molecule has 5 nitrogen and oxygen atoms in total. The van der Waals surface area contributed by atoms with E-state index in [-0.39, 0.29) is 11.8 Å². The summed E-state index contributed by atoms with van der Waals surface area (Å²) in [6.07, 6.45) is 1.80. The molecule has 120 valence electrons. The van der Waals surface area contributed by atoms with Gasteiger partial charge in [0, 0.05) is 25.7 Å². The molecule has 2 aliphatic rings. The van der Waals surface area contributed by atoms with Gasteiger partial charge >= 0.3 is 0 Å². The van der Waals surface area contributed by atoms with Gasteiger partial charge < -0.3 is 9.64 Å². The summed E-state index contributed by atoms with van der Waals surface area (Å²) >= 11 is 6.40. The highest BCUT2D eigenvalue weighted by Gasteiger charge is 2.28. The van der Waals surface area contributed by atoms with E-state index in [1.54, 1.807) is 30.2 Å². The number of thioether (sulfide) groups is 1. The molecule has 2 amide bonds. The van der Waals surface area contributed by atoms with E-state index in [1.165, 1.54) is 16.7 Å². The molecule has 1 aromatic rings. The first-order valence-corrected chi connectivity index (χ1v) is 8.47. The van der Waals surface area contributed by atoms with Crippen LogP contribution in [-0.4, -0.2) is 59.3 Å². The maximum Gasteiger partial charge on any atom is 0.265 e. The van der Waals surface area contributed by atoms with Crippen LogP contribution in [-0.2, 0) is 9.53 Å². The second-order valence-electron chi connectivity index (χ2n) is 5.27. The van der Waals surface area contributed by atoms with Crippen LogP contribution in [0, 0.1) is 0 Å². The van der Waals surface area contributed by atoms with Crippen LogP contribution < -0.4 is 0 Å². The van der Waals surface area contributed by atoms with Crippen molar-refractivity contribution in [2.45, 2.75) is 0 Å². The van der Waals surface area contributed by atoms with Crippen molar-refractivity contribution in [2.75, 3.05) is 33.4 Å². The van der Waals surface area contributed by atoms with Gasteiger partial charge in [0.25, 0.3) is 11.8 Å². The first-order chi connectivity index (χ1) is 11.1. The number of carbonyl (C=O) groups is 2. The molecule has 0 atom stereocenters. The van der Waals surface area contributed by atoms with Gasteiger partial charge in [0.1, 0.15) is 4.32 Å². The minimum Gasteiger partial charge on any atom is -0.378 e. The highest BCUT2D eigenvalue weighted by atomic mass is 32.2. The third kappa shape index (κ3) is 3.46. The van der Waals surface area contributed by atoms with Crippen molar-refractivity contribution in [3.8, 4) is 0 Å². The maximum absolute atomic E-state index is 12.4. The van der Waals surface area contributed by atoms with Gasteiger partial charge in [-0.2, -0.15) is 0 Å². The van der Waals surface area contributed by atoms with Crippen molar-refractivity contribution >= 4 is 46.2 Å². The Morgan fingerprint density at radius 1 is 1.26 bits per heavy atom. The van der Waals surface area contributed by atoms with Crippen molar-refractivity contribution in [1.82, 2.24) is 9.80 Å². The van der Waals surface area contributed by atoms with Crippen molar-refractivity contribution in [3.05, 3.63) is 40.3 Å². The second kappa shape index (κ2) is 6.82. The van der Waals surface area contributed by atoms with E-state index in [1.807, 2.05) is 12.1 Å². The SMILES string of the molecule is CN1C(=O)/C(=C/c2ccc(C(=O)N3CCOCC3)cc2)SC1=S. The molecule has 7 heteroatoms. The Kier molecular flexibility index (Phi) is 4.79. The van der Waals surface area contributed by atoms with E-state index in [9.17, 15) is 9.59 Å². The lowest BCUT2D eigenvalue weighted by molar-refractivity contribution is -0.121. The van der Waals surface area contributed by atoms with E-state index in [2.05, 4.69) is 0 Å². The zero-order chi connectivity index (χ0) is 16.4. The van der Waals surface area contributed by atoms with E-state index < -0.39 is 0 Å². The summed E-state index contributed by atoms with van der Waals surface area (Å²) in [5.74, 6) is -0.0757. The Labute approximate surface area is 144 Å². The molecule has 0 N–H and O–H groups in total. The van der Waals surface area contributed by atoms with Crippen LogP contribution in [0.2, 0.25) is 0 Å². The third-order valence-electron chi connectivity index (χ3n) is 3.74. The topological polar surface area (TPSA) is 49.9 Å². The molecular weight excluding hydrogens is 332 g/mol. The Morgan fingerprint density at radius 3 is 2.48 bits per heavy atom. The predicted octanol–water partition coefficient (Wildman–Crippen LogP) is 1.99. The normalized spacial score (nSPS) is 20.5. The fraction of sp³-hybridized carbons (Fsp3) is 0.312. The van der Waals surface area contributed by atoms with Gasteiger partial charge in [-0.3, -0.25) is 14.5 Å². The fourth-order valence-corrected chi connectivity index (χ4v) is 3.55. The molecule has 2 aliphatic heterocycles. The number of ether oxygens (including phenoxy) is 1. The number of nitrogens with zero attached hydrogens (tertiary/aromatic N) is 2. The predicted molar refractivity (Wildman–Crippen MR) is 94.1 cm³/mol. The van der Waals surface area contributed by atoms with Crippen LogP contribution in [0.4, 0.5) is 0 Å². The molecule has 0 radical (unpaired) electrons. The average Bonchev–Trinajstić information content (AvgIpc) is 2.83. The van der Waals surface area contributed by atoms with E-state index >= 15 is 0 Å². The summed E-state index contributed by atoms with van der Waals surface area (Å²) in [7, 11) is 1.67. The standard InChI is InChI=1S/C16H16N2O3S2/c1-17-15(20)13(23-16(17)22)10-11-2-4-12(5-3-11)14(19)18-6-8-21-9-7-18/h2-5,10H,6-9H2,1H3/b13-10-. The van der Waals surface area contributed by atoms with E-state index in [0.717, 1.165) is 5.56 Å². The number of carbonyl (C=O) groups excluding carboxylic acids is 2. The van der Waals surface area contributed by atoms with Crippen molar-refractivity contribution in [2.24, 2.45) is 0 Å². The smallest absolute Gasteiger partial charge is 0.265 e. The highest BCUT2D eigenvalue weighted by molar-refractivity contribution is 8.26. The van der Waals surface area contributed by atoms with Crippen molar-refractivity contribution in [1.29, 1.82) is 0 Å². The summed E-state index contributed by atoms with van der Waals surface area (Å²) in [5, 5.41) is 0. The summed E-state index contributed by atoms with van der Waals surface area (Å²) < 4.78 is 5.81. The van der Waals surface area contributed by atoms with Gasteiger partial charge in [-0.25, -0.2) is 0 Å². The number of morpholine rings is 1. The van der Waals surface area contributed by atoms with Gasteiger partial charge in [0.15, 0.2) is 0 Å². The summed E-state index contributed by atoms with van der Waals surface area (Å²) in [6, 6.07) is 7.26. The third-order valence-corrected chi connectivity index (χ3v) is 5.22. The van der Waals surface area contributed by atoms with Crippen LogP contribution in [0.25, 0.3) is 6.08 Å². The Balaban J connectivity index is 1.73. The molecule has 3 rings (SSSR count). The monoisotopic (exact) mass is 348 g/mol. The highest BCUT2D eigenvalue weighted by Crippen LogP contribution is 2.31. The molecular formula is C16H16N2O3S2. The van der Waals surface area contributed by atoms with E-state index in [0.29, 0.717) is 41.1 Å². The maximum atomic E-state index is 12.4. The van der Waals surface area contributed by atoms with Gasteiger partial charge in [0.05, 0.1) is 18.1 Å². The van der Waals surface area contributed by atoms with Gasteiger partial charge in [-0.1, -0.05) is 36.1 Å². The average molecular weight is 348 g/mol. The lowest BCUT2D eigenvalue weighted by Crippen LogP contribution is -2.40. The molecule has 0 aliphatic carbocycles. The summed E-state index contributed by atoms with van der Waals surface area (Å²) in [5.41, 5.74) is 1.52. The van der Waals surface area contributed by atoms with Gasteiger partial charge in [0.2, 0.25) is 0 Å². The van der Waals surface area contributed by atoms with Gasteiger partial charge in [-0.05, 0) is 23.8 Å². The zero-order valence-electron chi connectivity index (χ0n) is 12.7. The number of amides is 2. The molecule has 2 fully saturated rings. The second-order valence-corrected chi connectivity index (χ2v) is 6.94. The quantitative estimate of drug-likeness (QED) is 0.604. The number of benzene rings is 1. The molecule has 23 heavy (non-hydrogen) atoms. The van der Waals surface area contributed by atoms with E-state index in [4.69, 9.17) is 17.0 Å². The molecule has 0 bridgehead atoms. The molecule has 0 saturated carbocycles. The number of hydrogen-bond acceptors (Lipinski definition) is 5. The fourth-order valence-electron chi connectivity index (χ4n) is 2.37. The number of hydrogen-bond donors (Lipinski definition) is 0. The van der Waals surface area contributed by atoms with Crippen molar-refractivity contribution < 1.29 is 14.3 Å². The Bertz CT molecular complexity index is 679. The Hall–Kier alpha value is -1.70. The zero-order valence-corrected chi connectivity index (χ0v) is 14.3. The molecule has 0 spiro atoms. The number of thiocarbonyl (C=S) groups is 1. The number of rotatable bonds is 2. The molecule has 1 aromatic carbocycles. The van der Waals surface area contributed by atoms with Crippen LogP contribution in [0.5, 0.6) is 0 Å². The molecule has 2 saturated heterocycles. The minimum atomic E-state index is -0.0894. The van der Waals surface area contributed by atoms with Crippen molar-refractivity contribution in [3.63, 3.8) is 0 Å². The molecule has 2 heterocycles. The van der Waals surface area contributed by atoms with Crippen LogP contribution in [0.15, 0.2) is 29.2 Å². The van der Waals surface area contributed by atoms with Gasteiger partial charge in [-0.15, -0.1) is 0 Å². The Morgan fingerprint density at radius 2 is 1.91 bits per heavy atom. The number of likely N-dealkylation sites (N-methyl/N-ethyl adjacent to an activating group) is 1. The van der Waals surface area contributed by atoms with Crippen LogP contribution in [0.1, 0.15) is 15.9 Å².